The van der Waals surface area contributed by atoms with Gasteiger partial charge in [-0.05, 0) is 13.8 Å². The largest absolute Gasteiger partial charge is 0.465 e. The molecule has 0 spiro atoms. The highest BCUT2D eigenvalue weighted by molar-refractivity contribution is 7.99. The number of carbonyl (C=O) groups excluding carboxylic acids is 2. The van der Waals surface area contributed by atoms with E-state index in [9.17, 15) is 9.59 Å². The summed E-state index contributed by atoms with van der Waals surface area (Å²) in [4.78, 5) is 29.1. The average molecular weight is 258 g/mol. The number of esters is 2. The van der Waals surface area contributed by atoms with E-state index in [1.807, 2.05) is 0 Å². The molecule has 0 radical (unpaired) electrons. The van der Waals surface area contributed by atoms with Crippen LogP contribution in [-0.4, -0.2) is 40.9 Å². The maximum Gasteiger partial charge on any atom is 0.356 e. The molecule has 6 nitrogen and oxygen atoms in total. The van der Waals surface area contributed by atoms with Crippen molar-refractivity contribution >= 4 is 23.7 Å². The summed E-state index contributed by atoms with van der Waals surface area (Å²) in [5.74, 6) is -0.613. The summed E-state index contributed by atoms with van der Waals surface area (Å²) in [6.45, 7) is 4.13. The van der Waals surface area contributed by atoms with E-state index in [4.69, 9.17) is 9.47 Å². The Morgan fingerprint density at radius 3 is 2.71 bits per heavy atom. The van der Waals surface area contributed by atoms with Crippen molar-refractivity contribution in [3.63, 3.8) is 0 Å². The number of hydrogen-bond donors (Lipinski definition) is 1. The predicted molar refractivity (Wildman–Crippen MR) is 61.9 cm³/mol. The van der Waals surface area contributed by atoms with E-state index in [1.165, 1.54) is 18.0 Å². The van der Waals surface area contributed by atoms with E-state index in [1.54, 1.807) is 13.8 Å². The van der Waals surface area contributed by atoms with Gasteiger partial charge in [0.15, 0.2) is 5.16 Å². The Kier molecular flexibility index (Phi) is 5.55. The quantitative estimate of drug-likeness (QED) is 0.610. The SMILES string of the molecule is CCOC(=O)CSc1ncc(C(=O)OCC)[nH]1. The third kappa shape index (κ3) is 4.48. The van der Waals surface area contributed by atoms with Crippen LogP contribution < -0.4 is 0 Å². The minimum absolute atomic E-state index is 0.156. The first-order chi connectivity index (χ1) is 8.17. The number of nitrogens with one attached hydrogen (secondary N) is 1. The van der Waals surface area contributed by atoms with Crippen LogP contribution >= 0.6 is 11.8 Å². The van der Waals surface area contributed by atoms with Gasteiger partial charge in [-0.1, -0.05) is 11.8 Å². The third-order valence-electron chi connectivity index (χ3n) is 1.68. The second-order valence-corrected chi connectivity index (χ2v) is 3.88. The zero-order chi connectivity index (χ0) is 12.7. The van der Waals surface area contributed by atoms with Crippen molar-refractivity contribution in [3.8, 4) is 0 Å². The number of nitrogens with zero attached hydrogens (tertiary/aromatic N) is 1. The molecule has 7 heteroatoms. The molecule has 0 aromatic carbocycles. The van der Waals surface area contributed by atoms with E-state index in [2.05, 4.69) is 9.97 Å². The van der Waals surface area contributed by atoms with Gasteiger partial charge in [-0.15, -0.1) is 0 Å². The van der Waals surface area contributed by atoms with Gasteiger partial charge in [0.05, 0.1) is 25.2 Å². The maximum atomic E-state index is 11.3. The minimum Gasteiger partial charge on any atom is -0.465 e. The highest BCUT2D eigenvalue weighted by Crippen LogP contribution is 2.14. The first kappa shape index (κ1) is 13.6. The summed E-state index contributed by atoms with van der Waals surface area (Å²) in [6, 6.07) is 0. The minimum atomic E-state index is -0.456. The smallest absolute Gasteiger partial charge is 0.356 e. The number of hydrogen-bond acceptors (Lipinski definition) is 6. The number of aromatic amines is 1. The molecule has 0 saturated carbocycles. The highest BCUT2D eigenvalue weighted by Gasteiger charge is 2.11. The van der Waals surface area contributed by atoms with E-state index in [0.29, 0.717) is 18.4 Å². The van der Waals surface area contributed by atoms with Crippen molar-refractivity contribution in [2.75, 3.05) is 19.0 Å². The van der Waals surface area contributed by atoms with Gasteiger partial charge in [0.25, 0.3) is 0 Å². The van der Waals surface area contributed by atoms with Gasteiger partial charge >= 0.3 is 11.9 Å². The normalized spacial score (nSPS) is 10.0. The van der Waals surface area contributed by atoms with Gasteiger partial charge < -0.3 is 14.5 Å². The Labute approximate surface area is 103 Å². The van der Waals surface area contributed by atoms with Crippen molar-refractivity contribution in [2.45, 2.75) is 19.0 Å². The van der Waals surface area contributed by atoms with Gasteiger partial charge in [-0.25, -0.2) is 9.78 Å². The van der Waals surface area contributed by atoms with Gasteiger partial charge in [0.1, 0.15) is 5.69 Å². The van der Waals surface area contributed by atoms with Crippen LogP contribution in [-0.2, 0) is 14.3 Å². The molecule has 0 amide bonds. The van der Waals surface area contributed by atoms with Gasteiger partial charge in [-0.3, -0.25) is 4.79 Å². The Morgan fingerprint density at radius 2 is 2.06 bits per heavy atom. The van der Waals surface area contributed by atoms with Crippen molar-refractivity contribution in [1.82, 2.24) is 9.97 Å². The molecule has 17 heavy (non-hydrogen) atoms. The Balaban J connectivity index is 2.45. The van der Waals surface area contributed by atoms with Crippen LogP contribution in [0.4, 0.5) is 0 Å². The van der Waals surface area contributed by atoms with Crippen LogP contribution in [0.2, 0.25) is 0 Å². The van der Waals surface area contributed by atoms with E-state index < -0.39 is 5.97 Å². The predicted octanol–water partition coefficient (Wildman–Crippen LogP) is 1.24. The second kappa shape index (κ2) is 6.95. The molecule has 1 N–H and O–H groups in total. The summed E-state index contributed by atoms with van der Waals surface area (Å²) in [5, 5.41) is 0.487. The number of ether oxygens (including phenoxy) is 2. The molecule has 0 saturated heterocycles. The molecule has 0 atom stereocenters. The van der Waals surface area contributed by atoms with E-state index >= 15 is 0 Å². The van der Waals surface area contributed by atoms with Crippen LogP contribution in [0.5, 0.6) is 0 Å². The lowest BCUT2D eigenvalue weighted by Gasteiger charge is -1.99. The van der Waals surface area contributed by atoms with E-state index in [0.717, 1.165) is 0 Å². The fourth-order valence-corrected chi connectivity index (χ4v) is 1.67. The second-order valence-electron chi connectivity index (χ2n) is 2.92. The molecular weight excluding hydrogens is 244 g/mol. The number of rotatable bonds is 6. The molecule has 0 aliphatic rings. The zero-order valence-electron chi connectivity index (χ0n) is 9.69. The van der Waals surface area contributed by atoms with Crippen LogP contribution in [0.15, 0.2) is 11.4 Å². The molecular formula is C10H14N2O4S. The lowest BCUT2D eigenvalue weighted by atomic mass is 10.5. The lowest BCUT2D eigenvalue weighted by Crippen LogP contribution is -2.07. The van der Waals surface area contributed by atoms with Crippen molar-refractivity contribution in [1.29, 1.82) is 0 Å². The molecule has 0 fully saturated rings. The number of imidazole rings is 1. The molecule has 1 aromatic rings. The maximum absolute atomic E-state index is 11.3. The Hall–Kier alpha value is -1.50. The fraction of sp³-hybridized carbons (Fsp3) is 0.500. The summed E-state index contributed by atoms with van der Waals surface area (Å²) < 4.78 is 9.56. The molecule has 1 heterocycles. The Bertz CT molecular complexity index is 391. The summed E-state index contributed by atoms with van der Waals surface area (Å²) >= 11 is 1.18. The Morgan fingerprint density at radius 1 is 1.35 bits per heavy atom. The molecule has 0 aliphatic carbocycles. The lowest BCUT2D eigenvalue weighted by molar-refractivity contribution is -0.139. The summed E-state index contributed by atoms with van der Waals surface area (Å²) in [6.07, 6.45) is 1.38. The molecule has 0 unspecified atom stereocenters. The van der Waals surface area contributed by atoms with Crippen molar-refractivity contribution < 1.29 is 19.1 Å². The monoisotopic (exact) mass is 258 g/mol. The fourth-order valence-electron chi connectivity index (χ4n) is 1.02. The first-order valence-corrected chi connectivity index (χ1v) is 6.16. The topological polar surface area (TPSA) is 81.3 Å². The number of thioether (sulfide) groups is 1. The molecule has 0 aliphatic heterocycles. The zero-order valence-corrected chi connectivity index (χ0v) is 10.5. The average Bonchev–Trinajstić information content (AvgIpc) is 2.76. The third-order valence-corrected chi connectivity index (χ3v) is 2.54. The molecule has 0 bridgehead atoms. The van der Waals surface area contributed by atoms with Crippen molar-refractivity contribution in [3.05, 3.63) is 11.9 Å². The molecule has 1 rings (SSSR count). The van der Waals surface area contributed by atoms with Crippen LogP contribution in [0.25, 0.3) is 0 Å². The van der Waals surface area contributed by atoms with Crippen LogP contribution in [0, 0.1) is 0 Å². The number of H-pyrrole nitrogens is 1. The molecule has 94 valence electrons. The van der Waals surface area contributed by atoms with Crippen molar-refractivity contribution in [2.24, 2.45) is 0 Å². The van der Waals surface area contributed by atoms with Crippen LogP contribution in [0.3, 0.4) is 0 Å². The highest BCUT2D eigenvalue weighted by atomic mass is 32.2. The summed E-state index contributed by atoms with van der Waals surface area (Å²) in [7, 11) is 0. The first-order valence-electron chi connectivity index (χ1n) is 5.17. The summed E-state index contributed by atoms with van der Waals surface area (Å²) in [5.41, 5.74) is 0.276. The number of aromatic nitrogens is 2. The standard InChI is InChI=1S/C10H14N2O4S/c1-3-15-8(13)6-17-10-11-5-7(12-10)9(14)16-4-2/h5H,3-4,6H2,1-2H3,(H,11,12). The van der Waals surface area contributed by atoms with Gasteiger partial charge in [0.2, 0.25) is 0 Å². The number of carbonyl (C=O) groups is 2. The molecule has 1 aromatic heterocycles. The van der Waals surface area contributed by atoms with Gasteiger partial charge in [0, 0.05) is 0 Å². The van der Waals surface area contributed by atoms with E-state index in [-0.39, 0.29) is 17.4 Å². The van der Waals surface area contributed by atoms with Crippen LogP contribution in [0.1, 0.15) is 24.3 Å². The van der Waals surface area contributed by atoms with Gasteiger partial charge in [-0.2, -0.15) is 0 Å².